The summed E-state index contributed by atoms with van der Waals surface area (Å²) in [5.74, 6) is 0.760. The van der Waals surface area contributed by atoms with E-state index in [0.717, 1.165) is 36.3 Å². The van der Waals surface area contributed by atoms with Crippen molar-refractivity contribution in [3.8, 4) is 5.75 Å². The third kappa shape index (κ3) is 4.79. The Bertz CT molecular complexity index is 757. The van der Waals surface area contributed by atoms with Crippen molar-refractivity contribution >= 4 is 23.3 Å². The molecule has 2 aromatic rings. The minimum atomic E-state index is -0.110. The van der Waals surface area contributed by atoms with Gasteiger partial charge < -0.3 is 15.0 Å². The third-order valence-electron chi connectivity index (χ3n) is 4.50. The van der Waals surface area contributed by atoms with Crippen LogP contribution in [0.5, 0.6) is 5.75 Å². The number of halogens is 1. The summed E-state index contributed by atoms with van der Waals surface area (Å²) in [7, 11) is 1.62. The van der Waals surface area contributed by atoms with E-state index in [1.807, 2.05) is 53.4 Å². The first kappa shape index (κ1) is 18.3. The maximum absolute atomic E-state index is 13.0. The fourth-order valence-electron chi connectivity index (χ4n) is 3.05. The van der Waals surface area contributed by atoms with Crippen LogP contribution in [0.2, 0.25) is 5.02 Å². The molecule has 0 radical (unpaired) electrons. The largest absolute Gasteiger partial charge is 0.497 e. The first-order chi connectivity index (χ1) is 12.7. The number of benzene rings is 2. The Kier molecular flexibility index (Phi) is 6.18. The lowest BCUT2D eigenvalue weighted by Gasteiger charge is -2.32. The number of ether oxygens (including phenoxy) is 1. The van der Waals surface area contributed by atoms with Gasteiger partial charge in [-0.15, -0.1) is 0 Å². The number of rotatable bonds is 5. The van der Waals surface area contributed by atoms with Gasteiger partial charge >= 0.3 is 6.03 Å². The molecule has 2 amide bonds. The van der Waals surface area contributed by atoms with Gasteiger partial charge in [-0.25, -0.2) is 4.79 Å². The monoisotopic (exact) mass is 370 g/mol. The number of amides is 2. The maximum Gasteiger partial charge on any atom is 0.322 e. The van der Waals surface area contributed by atoms with Gasteiger partial charge in [-0.3, -0.25) is 0 Å². The van der Waals surface area contributed by atoms with Gasteiger partial charge in [0, 0.05) is 17.3 Å². The van der Waals surface area contributed by atoms with Gasteiger partial charge in [-0.2, -0.15) is 0 Å². The molecule has 5 heteroatoms. The first-order valence-electron chi connectivity index (χ1n) is 8.78. The van der Waals surface area contributed by atoms with E-state index in [9.17, 15) is 4.79 Å². The van der Waals surface area contributed by atoms with Crippen molar-refractivity contribution in [1.29, 1.82) is 0 Å². The average molecular weight is 371 g/mol. The predicted molar refractivity (Wildman–Crippen MR) is 106 cm³/mol. The van der Waals surface area contributed by atoms with Crippen LogP contribution in [-0.4, -0.2) is 24.1 Å². The van der Waals surface area contributed by atoms with E-state index in [-0.39, 0.29) is 12.1 Å². The van der Waals surface area contributed by atoms with Crippen molar-refractivity contribution < 1.29 is 9.53 Å². The Balaban J connectivity index is 1.76. The summed E-state index contributed by atoms with van der Waals surface area (Å²) >= 11 is 5.98. The zero-order valence-electron chi connectivity index (χ0n) is 14.8. The number of carbonyl (C=O) groups excluding carboxylic acids is 1. The third-order valence-corrected chi connectivity index (χ3v) is 4.75. The number of carbonyl (C=O) groups is 1. The Morgan fingerprint density at radius 1 is 1.19 bits per heavy atom. The van der Waals surface area contributed by atoms with Crippen LogP contribution in [0.1, 0.15) is 24.8 Å². The molecule has 3 rings (SSSR count). The summed E-state index contributed by atoms with van der Waals surface area (Å²) in [5, 5.41) is 3.69. The minimum absolute atomic E-state index is 0.0951. The Morgan fingerprint density at radius 2 is 1.92 bits per heavy atom. The molecule has 4 nitrogen and oxygen atoms in total. The van der Waals surface area contributed by atoms with Gasteiger partial charge in [-0.05, 0) is 61.2 Å². The second kappa shape index (κ2) is 8.77. The van der Waals surface area contributed by atoms with Crippen molar-refractivity contribution in [3.05, 3.63) is 71.3 Å². The molecule has 26 heavy (non-hydrogen) atoms. The topological polar surface area (TPSA) is 41.6 Å². The quantitative estimate of drug-likeness (QED) is 0.707. The molecule has 0 fully saturated rings. The van der Waals surface area contributed by atoms with E-state index >= 15 is 0 Å². The number of urea groups is 1. The van der Waals surface area contributed by atoms with E-state index in [1.165, 1.54) is 0 Å². The molecule has 1 atom stereocenters. The summed E-state index contributed by atoms with van der Waals surface area (Å²) in [4.78, 5) is 14.8. The zero-order valence-corrected chi connectivity index (χ0v) is 15.6. The normalized spacial score (nSPS) is 16.2. The zero-order chi connectivity index (χ0) is 18.4. The molecule has 0 heterocycles. The van der Waals surface area contributed by atoms with Crippen molar-refractivity contribution in [1.82, 2.24) is 4.90 Å². The van der Waals surface area contributed by atoms with E-state index in [0.29, 0.717) is 11.6 Å². The molecule has 0 aliphatic heterocycles. The summed E-state index contributed by atoms with van der Waals surface area (Å²) in [6, 6.07) is 15.0. The summed E-state index contributed by atoms with van der Waals surface area (Å²) in [5.41, 5.74) is 1.80. The maximum atomic E-state index is 13.0. The van der Waals surface area contributed by atoms with Crippen LogP contribution >= 0.6 is 11.6 Å². The minimum Gasteiger partial charge on any atom is -0.497 e. The van der Waals surface area contributed by atoms with Crippen LogP contribution in [0, 0.1) is 0 Å². The lowest BCUT2D eigenvalue weighted by Crippen LogP contribution is -2.42. The fraction of sp³-hybridized carbons (Fsp3) is 0.286. The molecule has 1 aliphatic carbocycles. The highest BCUT2D eigenvalue weighted by Gasteiger charge is 2.23. The number of hydrogen-bond donors (Lipinski definition) is 1. The van der Waals surface area contributed by atoms with Crippen molar-refractivity contribution in [2.45, 2.75) is 31.8 Å². The number of nitrogens with one attached hydrogen (secondary N) is 1. The van der Waals surface area contributed by atoms with E-state index in [1.54, 1.807) is 7.11 Å². The molecule has 0 saturated carbocycles. The van der Waals surface area contributed by atoms with Crippen molar-refractivity contribution in [2.24, 2.45) is 0 Å². The van der Waals surface area contributed by atoms with Gasteiger partial charge in [0.25, 0.3) is 0 Å². The predicted octanol–water partition coefficient (Wildman–Crippen LogP) is 5.49. The van der Waals surface area contributed by atoms with Crippen molar-refractivity contribution in [3.63, 3.8) is 0 Å². The Morgan fingerprint density at radius 3 is 2.54 bits per heavy atom. The first-order valence-corrected chi connectivity index (χ1v) is 9.16. The molecular weight excluding hydrogens is 348 g/mol. The van der Waals surface area contributed by atoms with E-state index in [4.69, 9.17) is 16.3 Å². The number of nitrogens with zero attached hydrogens (tertiary/aromatic N) is 1. The van der Waals surface area contributed by atoms with Gasteiger partial charge in [0.15, 0.2) is 0 Å². The summed E-state index contributed by atoms with van der Waals surface area (Å²) in [6.07, 6.45) is 7.43. The van der Waals surface area contributed by atoms with Crippen LogP contribution in [0.25, 0.3) is 0 Å². The summed E-state index contributed by atoms with van der Waals surface area (Å²) in [6.45, 7) is 0.536. The second-order valence-electron chi connectivity index (χ2n) is 6.34. The van der Waals surface area contributed by atoms with E-state index in [2.05, 4.69) is 17.5 Å². The summed E-state index contributed by atoms with van der Waals surface area (Å²) < 4.78 is 5.16. The van der Waals surface area contributed by atoms with Gasteiger partial charge in [-0.1, -0.05) is 35.9 Å². The molecule has 0 saturated heterocycles. The molecular formula is C21H23ClN2O2. The average Bonchev–Trinajstić information content (AvgIpc) is 2.68. The van der Waals surface area contributed by atoms with Gasteiger partial charge in [0.1, 0.15) is 5.75 Å². The molecule has 2 aromatic carbocycles. The molecule has 0 aromatic heterocycles. The van der Waals surface area contributed by atoms with E-state index < -0.39 is 0 Å². The van der Waals surface area contributed by atoms with Crippen LogP contribution in [0.4, 0.5) is 10.5 Å². The fourth-order valence-corrected chi connectivity index (χ4v) is 3.18. The molecule has 1 N–H and O–H groups in total. The van der Waals surface area contributed by atoms with Crippen LogP contribution < -0.4 is 10.1 Å². The van der Waals surface area contributed by atoms with Gasteiger partial charge in [0.05, 0.1) is 13.2 Å². The Hall–Kier alpha value is -2.46. The molecule has 1 unspecified atom stereocenters. The standard InChI is InChI=1S/C21H23ClN2O2/c1-26-20-13-11-18(12-14-20)23-21(25)24(19-5-3-2-4-6-19)15-16-7-9-17(22)10-8-16/h3,5,7-14,19H,2,4,6,15H2,1H3,(H,23,25). The van der Waals surface area contributed by atoms with Crippen molar-refractivity contribution in [2.75, 3.05) is 12.4 Å². The number of anilines is 1. The highest BCUT2D eigenvalue weighted by molar-refractivity contribution is 6.30. The Labute approximate surface area is 159 Å². The lowest BCUT2D eigenvalue weighted by atomic mass is 10.0. The van der Waals surface area contributed by atoms with Gasteiger partial charge in [0.2, 0.25) is 0 Å². The molecule has 0 bridgehead atoms. The molecule has 1 aliphatic rings. The number of methoxy groups -OCH3 is 1. The number of allylic oxidation sites excluding steroid dienone is 1. The molecule has 0 spiro atoms. The second-order valence-corrected chi connectivity index (χ2v) is 6.78. The smallest absolute Gasteiger partial charge is 0.322 e. The highest BCUT2D eigenvalue weighted by Crippen LogP contribution is 2.22. The van der Waals surface area contributed by atoms with Crippen LogP contribution in [0.15, 0.2) is 60.7 Å². The SMILES string of the molecule is COc1ccc(NC(=O)N(Cc2ccc(Cl)cc2)C2C=CCCC2)cc1. The molecule has 136 valence electrons. The van der Waals surface area contributed by atoms with Crippen LogP contribution in [-0.2, 0) is 6.54 Å². The van der Waals surface area contributed by atoms with Crippen LogP contribution in [0.3, 0.4) is 0 Å². The number of hydrogen-bond acceptors (Lipinski definition) is 2. The highest BCUT2D eigenvalue weighted by atomic mass is 35.5. The lowest BCUT2D eigenvalue weighted by molar-refractivity contribution is 0.191.